The average Bonchev–Trinajstić information content (AvgIpc) is 3.21. The first-order chi connectivity index (χ1) is 9.88. The van der Waals surface area contributed by atoms with E-state index in [-0.39, 0.29) is 0 Å². The molecule has 1 saturated carbocycles. The van der Waals surface area contributed by atoms with Crippen LogP contribution in [0.1, 0.15) is 24.2 Å². The van der Waals surface area contributed by atoms with Gasteiger partial charge in [0, 0.05) is 43.6 Å². The summed E-state index contributed by atoms with van der Waals surface area (Å²) in [7, 11) is 0. The summed E-state index contributed by atoms with van der Waals surface area (Å²) < 4.78 is 2.07. The van der Waals surface area contributed by atoms with Crippen molar-refractivity contribution in [1.29, 1.82) is 0 Å². The van der Waals surface area contributed by atoms with Gasteiger partial charge in [0.05, 0.1) is 6.54 Å². The van der Waals surface area contributed by atoms with Crippen LogP contribution in [-0.2, 0) is 19.6 Å². The number of fused-ring (bicyclic) bond motifs is 1. The monoisotopic (exact) mass is 271 g/mol. The van der Waals surface area contributed by atoms with Crippen LogP contribution in [0.25, 0.3) is 0 Å². The third-order valence-corrected chi connectivity index (χ3v) is 3.79. The van der Waals surface area contributed by atoms with Gasteiger partial charge in [0.2, 0.25) is 5.95 Å². The van der Waals surface area contributed by atoms with Gasteiger partial charge in [-0.25, -0.2) is 9.97 Å². The summed E-state index contributed by atoms with van der Waals surface area (Å²) in [6.07, 6.45) is 8.20. The molecule has 0 atom stereocenters. The second-order valence-electron chi connectivity index (χ2n) is 5.41. The Hall–Kier alpha value is -2.02. The van der Waals surface area contributed by atoms with Crippen LogP contribution >= 0.6 is 0 Å². The Bertz CT molecular complexity index is 587. The zero-order valence-electron chi connectivity index (χ0n) is 11.2. The van der Waals surface area contributed by atoms with Crippen molar-refractivity contribution in [1.82, 2.24) is 30.0 Å². The zero-order valence-corrected chi connectivity index (χ0v) is 11.2. The summed E-state index contributed by atoms with van der Waals surface area (Å²) >= 11 is 0. The van der Waals surface area contributed by atoms with E-state index in [1.807, 2.05) is 12.4 Å². The first-order valence-electron chi connectivity index (χ1n) is 7.04. The van der Waals surface area contributed by atoms with Crippen LogP contribution in [0.5, 0.6) is 0 Å². The molecule has 0 saturated heterocycles. The summed E-state index contributed by atoms with van der Waals surface area (Å²) in [6, 6.07) is 0.711. The van der Waals surface area contributed by atoms with Crippen molar-refractivity contribution in [2.24, 2.45) is 0 Å². The Morgan fingerprint density at radius 1 is 1.20 bits per heavy atom. The molecule has 1 fully saturated rings. The van der Waals surface area contributed by atoms with Crippen LogP contribution in [0.3, 0.4) is 0 Å². The van der Waals surface area contributed by atoms with Gasteiger partial charge in [-0.05, 0) is 12.8 Å². The van der Waals surface area contributed by atoms with Crippen LogP contribution in [0.4, 0.5) is 5.95 Å². The molecule has 7 heteroatoms. The fourth-order valence-corrected chi connectivity index (χ4v) is 2.39. The van der Waals surface area contributed by atoms with Crippen molar-refractivity contribution < 1.29 is 0 Å². The van der Waals surface area contributed by atoms with E-state index in [0.29, 0.717) is 6.04 Å². The van der Waals surface area contributed by atoms with Gasteiger partial charge in [-0.3, -0.25) is 0 Å². The summed E-state index contributed by atoms with van der Waals surface area (Å²) in [5.41, 5.74) is 1.14. The number of anilines is 1. The molecule has 3 heterocycles. The van der Waals surface area contributed by atoms with E-state index in [1.165, 1.54) is 12.8 Å². The molecular formula is C13H17N7. The highest BCUT2D eigenvalue weighted by molar-refractivity contribution is 5.31. The maximum absolute atomic E-state index is 4.48. The number of hydrogen-bond donors (Lipinski definition) is 1. The maximum atomic E-state index is 4.48. The van der Waals surface area contributed by atoms with E-state index in [4.69, 9.17) is 0 Å². The molecule has 0 bridgehead atoms. The lowest BCUT2D eigenvalue weighted by Gasteiger charge is -2.26. The van der Waals surface area contributed by atoms with Crippen molar-refractivity contribution in [3.63, 3.8) is 0 Å². The third kappa shape index (κ3) is 2.36. The number of aromatic nitrogens is 5. The fourth-order valence-electron chi connectivity index (χ4n) is 2.39. The van der Waals surface area contributed by atoms with Crippen LogP contribution in [-0.4, -0.2) is 37.3 Å². The lowest BCUT2D eigenvalue weighted by atomic mass is 10.3. The quantitative estimate of drug-likeness (QED) is 0.864. The molecule has 0 amide bonds. The van der Waals surface area contributed by atoms with Crippen LogP contribution < -0.4 is 10.2 Å². The molecule has 1 aliphatic carbocycles. The molecule has 4 rings (SSSR count). The van der Waals surface area contributed by atoms with E-state index < -0.39 is 0 Å². The third-order valence-electron chi connectivity index (χ3n) is 3.79. The van der Waals surface area contributed by atoms with Crippen LogP contribution in [0.2, 0.25) is 0 Å². The largest absolute Gasteiger partial charge is 0.331 e. The molecule has 2 aromatic rings. The minimum atomic E-state index is 0.711. The molecular weight excluding hydrogens is 254 g/mol. The van der Waals surface area contributed by atoms with Crippen molar-refractivity contribution in [2.45, 2.75) is 38.5 Å². The highest BCUT2D eigenvalue weighted by Gasteiger charge is 2.21. The summed E-state index contributed by atoms with van der Waals surface area (Å²) in [6.45, 7) is 3.36. The molecule has 1 aliphatic heterocycles. The van der Waals surface area contributed by atoms with Crippen molar-refractivity contribution in [3.05, 3.63) is 30.1 Å². The standard InChI is InChI=1S/C13H17N7/c1-2-11(1)14-5-10-6-15-13(16-7-10)19-3-4-20-9-17-18-12(20)8-19/h6-7,9,11,14H,1-5,8H2. The average molecular weight is 271 g/mol. The topological polar surface area (TPSA) is 71.8 Å². The Balaban J connectivity index is 1.43. The van der Waals surface area contributed by atoms with Gasteiger partial charge >= 0.3 is 0 Å². The van der Waals surface area contributed by atoms with Gasteiger partial charge in [0.15, 0.2) is 5.82 Å². The Kier molecular flexibility index (Phi) is 2.84. The predicted octanol–water partition coefficient (Wildman–Crippen LogP) is 0.340. The second kappa shape index (κ2) is 4.82. The van der Waals surface area contributed by atoms with Crippen LogP contribution in [0, 0.1) is 0 Å². The number of rotatable bonds is 4. The molecule has 7 nitrogen and oxygen atoms in total. The molecule has 0 spiro atoms. The first-order valence-corrected chi connectivity index (χ1v) is 7.04. The molecule has 1 N–H and O–H groups in total. The van der Waals surface area contributed by atoms with Crippen molar-refractivity contribution in [3.8, 4) is 0 Å². The smallest absolute Gasteiger partial charge is 0.225 e. The molecule has 104 valence electrons. The van der Waals surface area contributed by atoms with E-state index >= 15 is 0 Å². The molecule has 2 aromatic heterocycles. The molecule has 2 aliphatic rings. The normalized spacial score (nSPS) is 18.1. The lowest BCUT2D eigenvalue weighted by molar-refractivity contribution is 0.551. The van der Waals surface area contributed by atoms with Gasteiger partial charge in [-0.1, -0.05) is 0 Å². The Labute approximate surface area is 117 Å². The van der Waals surface area contributed by atoms with E-state index in [1.54, 1.807) is 6.33 Å². The van der Waals surface area contributed by atoms with Gasteiger partial charge < -0.3 is 14.8 Å². The Morgan fingerprint density at radius 3 is 2.85 bits per heavy atom. The minimum absolute atomic E-state index is 0.711. The predicted molar refractivity (Wildman–Crippen MR) is 73.0 cm³/mol. The molecule has 0 aromatic carbocycles. The number of nitrogens with one attached hydrogen (secondary N) is 1. The summed E-state index contributed by atoms with van der Waals surface area (Å²) in [4.78, 5) is 11.1. The highest BCUT2D eigenvalue weighted by atomic mass is 15.3. The van der Waals surface area contributed by atoms with E-state index in [2.05, 4.69) is 34.9 Å². The maximum Gasteiger partial charge on any atom is 0.225 e. The molecule has 0 unspecified atom stereocenters. The summed E-state index contributed by atoms with van der Waals surface area (Å²) in [5, 5.41) is 11.5. The number of hydrogen-bond acceptors (Lipinski definition) is 6. The van der Waals surface area contributed by atoms with E-state index in [9.17, 15) is 0 Å². The van der Waals surface area contributed by atoms with Gasteiger partial charge in [0.1, 0.15) is 6.33 Å². The molecule has 0 radical (unpaired) electrons. The van der Waals surface area contributed by atoms with Gasteiger partial charge in [-0.15, -0.1) is 10.2 Å². The zero-order chi connectivity index (χ0) is 13.4. The van der Waals surface area contributed by atoms with Crippen molar-refractivity contribution >= 4 is 5.95 Å². The number of nitrogens with zero attached hydrogens (tertiary/aromatic N) is 6. The summed E-state index contributed by atoms with van der Waals surface area (Å²) in [5.74, 6) is 1.74. The van der Waals surface area contributed by atoms with Crippen molar-refractivity contribution in [2.75, 3.05) is 11.4 Å². The van der Waals surface area contributed by atoms with Gasteiger partial charge in [0.25, 0.3) is 0 Å². The first kappa shape index (κ1) is 11.8. The Morgan fingerprint density at radius 2 is 2.05 bits per heavy atom. The van der Waals surface area contributed by atoms with Gasteiger partial charge in [-0.2, -0.15) is 0 Å². The fraction of sp³-hybridized carbons (Fsp3) is 0.538. The highest BCUT2D eigenvalue weighted by Crippen LogP contribution is 2.19. The molecule has 20 heavy (non-hydrogen) atoms. The van der Waals surface area contributed by atoms with Crippen LogP contribution in [0.15, 0.2) is 18.7 Å². The second-order valence-corrected chi connectivity index (χ2v) is 5.41. The lowest BCUT2D eigenvalue weighted by Crippen LogP contribution is -2.34. The van der Waals surface area contributed by atoms with E-state index in [0.717, 1.165) is 43.5 Å². The minimum Gasteiger partial charge on any atom is -0.331 e. The SMILES string of the molecule is c1nc(N2CCn3cnnc3C2)ncc1CNC1CC1.